The van der Waals surface area contributed by atoms with Crippen LogP contribution in [0, 0.1) is 11.8 Å². The third kappa shape index (κ3) is 4.41. The van der Waals surface area contributed by atoms with Crippen molar-refractivity contribution < 1.29 is 4.79 Å². The number of carbonyl (C=O) groups is 1. The second-order valence-corrected chi connectivity index (χ2v) is 6.54. The van der Waals surface area contributed by atoms with Gasteiger partial charge < -0.3 is 10.6 Å². The van der Waals surface area contributed by atoms with Crippen LogP contribution >= 0.6 is 0 Å². The van der Waals surface area contributed by atoms with Crippen LogP contribution in [0.1, 0.15) is 31.7 Å². The molecule has 0 saturated carbocycles. The first-order valence-electron chi connectivity index (χ1n) is 8.65. The van der Waals surface area contributed by atoms with Gasteiger partial charge in [0, 0.05) is 31.6 Å². The molecule has 2 aromatic rings. The summed E-state index contributed by atoms with van der Waals surface area (Å²) in [5, 5.41) is 10.6. The molecule has 0 aliphatic carbocycles. The molecule has 128 valence electrons. The highest BCUT2D eigenvalue weighted by Crippen LogP contribution is 2.22. The normalized spacial score (nSPS) is 19.0. The third-order valence-electron chi connectivity index (χ3n) is 4.69. The number of amides is 1. The van der Waals surface area contributed by atoms with Crippen LogP contribution in [-0.4, -0.2) is 33.8 Å². The van der Waals surface area contributed by atoms with Gasteiger partial charge in [0.05, 0.1) is 0 Å². The standard InChI is InChI=1S/C18H25N5O/c1-14(16-4-2-6-19-13-16)10-18(24)21-12-15-5-8-20-17(11-15)23-9-3-7-22-23/h3,5,7-9,11,14,16,19H,2,4,6,10,12-13H2,1H3,(H,21,24). The molecule has 6 nitrogen and oxygen atoms in total. The van der Waals surface area contributed by atoms with Gasteiger partial charge in [-0.2, -0.15) is 5.10 Å². The number of carbonyl (C=O) groups excluding carboxylic acids is 1. The molecule has 1 aliphatic rings. The zero-order valence-corrected chi connectivity index (χ0v) is 14.1. The fourth-order valence-electron chi connectivity index (χ4n) is 3.20. The van der Waals surface area contributed by atoms with Crippen LogP contribution in [0.25, 0.3) is 5.82 Å². The van der Waals surface area contributed by atoms with Crippen molar-refractivity contribution in [1.82, 2.24) is 25.4 Å². The first kappa shape index (κ1) is 16.6. The largest absolute Gasteiger partial charge is 0.352 e. The molecule has 3 rings (SSSR count). The van der Waals surface area contributed by atoms with E-state index >= 15 is 0 Å². The Labute approximate surface area is 142 Å². The van der Waals surface area contributed by atoms with Crippen molar-refractivity contribution in [3.8, 4) is 5.82 Å². The van der Waals surface area contributed by atoms with E-state index in [-0.39, 0.29) is 5.91 Å². The number of hydrogen-bond acceptors (Lipinski definition) is 4. The summed E-state index contributed by atoms with van der Waals surface area (Å²) in [6, 6.07) is 5.72. The molecular formula is C18H25N5O. The maximum atomic E-state index is 12.2. The lowest BCUT2D eigenvalue weighted by atomic mass is 9.85. The number of nitrogens with zero attached hydrogens (tertiary/aromatic N) is 3. The molecule has 0 bridgehead atoms. The summed E-state index contributed by atoms with van der Waals surface area (Å²) in [5.74, 6) is 1.89. The second kappa shape index (κ2) is 8.06. The van der Waals surface area contributed by atoms with Crippen LogP contribution in [0.15, 0.2) is 36.8 Å². The Morgan fingerprint density at radius 3 is 3.17 bits per heavy atom. The highest BCUT2D eigenvalue weighted by atomic mass is 16.1. The highest BCUT2D eigenvalue weighted by molar-refractivity contribution is 5.76. The minimum absolute atomic E-state index is 0.116. The molecule has 0 radical (unpaired) electrons. The fourth-order valence-corrected chi connectivity index (χ4v) is 3.20. The third-order valence-corrected chi connectivity index (χ3v) is 4.69. The van der Waals surface area contributed by atoms with E-state index in [0.717, 1.165) is 24.5 Å². The zero-order valence-electron chi connectivity index (χ0n) is 14.1. The van der Waals surface area contributed by atoms with Crippen molar-refractivity contribution in [2.45, 2.75) is 32.7 Å². The van der Waals surface area contributed by atoms with Crippen molar-refractivity contribution in [2.24, 2.45) is 11.8 Å². The summed E-state index contributed by atoms with van der Waals surface area (Å²) in [6.07, 6.45) is 8.34. The molecule has 2 aromatic heterocycles. The maximum Gasteiger partial charge on any atom is 0.220 e. The Hall–Kier alpha value is -2.21. The Kier molecular flexibility index (Phi) is 5.59. The van der Waals surface area contributed by atoms with Crippen LogP contribution in [0.4, 0.5) is 0 Å². The van der Waals surface area contributed by atoms with E-state index in [2.05, 4.69) is 27.6 Å². The van der Waals surface area contributed by atoms with Gasteiger partial charge in [-0.15, -0.1) is 0 Å². The predicted octanol–water partition coefficient (Wildman–Crippen LogP) is 1.91. The average molecular weight is 327 g/mol. The highest BCUT2D eigenvalue weighted by Gasteiger charge is 2.21. The Balaban J connectivity index is 1.50. The van der Waals surface area contributed by atoms with Gasteiger partial charge in [0.2, 0.25) is 5.91 Å². The van der Waals surface area contributed by atoms with Crippen molar-refractivity contribution >= 4 is 5.91 Å². The summed E-state index contributed by atoms with van der Waals surface area (Å²) in [6.45, 7) is 4.84. The first-order valence-corrected chi connectivity index (χ1v) is 8.65. The number of rotatable bonds is 6. The quantitative estimate of drug-likeness (QED) is 0.850. The van der Waals surface area contributed by atoms with Gasteiger partial charge in [0.15, 0.2) is 5.82 Å². The van der Waals surface area contributed by atoms with Gasteiger partial charge in [-0.05, 0) is 61.5 Å². The molecule has 1 saturated heterocycles. The number of pyridine rings is 1. The van der Waals surface area contributed by atoms with Gasteiger partial charge in [-0.1, -0.05) is 6.92 Å². The average Bonchev–Trinajstić information content (AvgIpc) is 3.16. The molecule has 1 aliphatic heterocycles. The monoisotopic (exact) mass is 327 g/mol. The van der Waals surface area contributed by atoms with Gasteiger partial charge >= 0.3 is 0 Å². The molecule has 2 unspecified atom stereocenters. The summed E-state index contributed by atoms with van der Waals surface area (Å²) in [4.78, 5) is 16.5. The van der Waals surface area contributed by atoms with Crippen molar-refractivity contribution in [3.05, 3.63) is 42.4 Å². The minimum Gasteiger partial charge on any atom is -0.352 e. The topological polar surface area (TPSA) is 71.8 Å². The van der Waals surface area contributed by atoms with E-state index in [1.54, 1.807) is 17.1 Å². The van der Waals surface area contributed by atoms with E-state index in [1.807, 2.05) is 24.4 Å². The van der Waals surface area contributed by atoms with Crippen LogP contribution in [0.5, 0.6) is 0 Å². The summed E-state index contributed by atoms with van der Waals surface area (Å²) in [7, 11) is 0. The first-order chi connectivity index (χ1) is 11.7. The van der Waals surface area contributed by atoms with Crippen LogP contribution in [-0.2, 0) is 11.3 Å². The number of piperidine rings is 1. The van der Waals surface area contributed by atoms with Gasteiger partial charge in [-0.25, -0.2) is 9.67 Å². The predicted molar refractivity (Wildman–Crippen MR) is 92.6 cm³/mol. The van der Waals surface area contributed by atoms with Crippen molar-refractivity contribution in [1.29, 1.82) is 0 Å². The Morgan fingerprint density at radius 1 is 1.50 bits per heavy atom. The van der Waals surface area contributed by atoms with Gasteiger partial charge in [0.1, 0.15) is 0 Å². The van der Waals surface area contributed by atoms with Crippen LogP contribution < -0.4 is 10.6 Å². The van der Waals surface area contributed by atoms with E-state index in [1.165, 1.54) is 12.8 Å². The SMILES string of the molecule is CC(CC(=O)NCc1ccnc(-n2cccn2)c1)C1CCCNC1. The molecule has 3 heterocycles. The fraction of sp³-hybridized carbons (Fsp3) is 0.500. The molecule has 2 atom stereocenters. The maximum absolute atomic E-state index is 12.2. The van der Waals surface area contributed by atoms with Crippen LogP contribution in [0.2, 0.25) is 0 Å². The van der Waals surface area contributed by atoms with Gasteiger partial charge in [-0.3, -0.25) is 4.79 Å². The molecule has 0 aromatic carbocycles. The molecule has 6 heteroatoms. The lowest BCUT2D eigenvalue weighted by Gasteiger charge is -2.28. The summed E-state index contributed by atoms with van der Waals surface area (Å²) >= 11 is 0. The van der Waals surface area contributed by atoms with E-state index in [0.29, 0.717) is 24.8 Å². The van der Waals surface area contributed by atoms with Gasteiger partial charge in [0.25, 0.3) is 0 Å². The van der Waals surface area contributed by atoms with E-state index in [4.69, 9.17) is 0 Å². The van der Waals surface area contributed by atoms with Crippen LogP contribution in [0.3, 0.4) is 0 Å². The van der Waals surface area contributed by atoms with E-state index in [9.17, 15) is 4.79 Å². The summed E-state index contributed by atoms with van der Waals surface area (Å²) in [5.41, 5.74) is 1.02. The minimum atomic E-state index is 0.116. The smallest absolute Gasteiger partial charge is 0.220 e. The molecule has 24 heavy (non-hydrogen) atoms. The van der Waals surface area contributed by atoms with Crippen molar-refractivity contribution in [3.63, 3.8) is 0 Å². The Morgan fingerprint density at radius 2 is 2.42 bits per heavy atom. The molecular weight excluding hydrogens is 302 g/mol. The molecule has 1 amide bonds. The number of aromatic nitrogens is 3. The lowest BCUT2D eigenvalue weighted by molar-refractivity contribution is -0.122. The summed E-state index contributed by atoms with van der Waals surface area (Å²) < 4.78 is 1.71. The number of hydrogen-bond donors (Lipinski definition) is 2. The molecule has 0 spiro atoms. The lowest BCUT2D eigenvalue weighted by Crippen LogP contribution is -2.35. The Bertz CT molecular complexity index is 649. The second-order valence-electron chi connectivity index (χ2n) is 6.54. The van der Waals surface area contributed by atoms with E-state index < -0.39 is 0 Å². The zero-order chi connectivity index (χ0) is 16.8. The van der Waals surface area contributed by atoms with Crippen molar-refractivity contribution in [2.75, 3.05) is 13.1 Å². The molecule has 2 N–H and O–H groups in total. The molecule has 1 fully saturated rings. The number of nitrogens with one attached hydrogen (secondary N) is 2.